The Balaban J connectivity index is 1.34. The first-order valence-corrected chi connectivity index (χ1v) is 10.3. The Kier molecular flexibility index (Phi) is 5.89. The first kappa shape index (κ1) is 19.8. The fourth-order valence-corrected chi connectivity index (χ4v) is 4.09. The van der Waals surface area contributed by atoms with Crippen molar-refractivity contribution in [3.8, 4) is 5.69 Å². The van der Waals surface area contributed by atoms with E-state index in [2.05, 4.69) is 15.5 Å². The first-order chi connectivity index (χ1) is 14.6. The van der Waals surface area contributed by atoms with Crippen LogP contribution in [0.2, 0.25) is 0 Å². The number of hydrogen-bond acceptors (Lipinski definition) is 8. The van der Waals surface area contributed by atoms with E-state index in [0.717, 1.165) is 5.69 Å². The monoisotopic (exact) mass is 425 g/mol. The summed E-state index contributed by atoms with van der Waals surface area (Å²) < 4.78 is 1.60. The lowest BCUT2D eigenvalue weighted by Crippen LogP contribution is -2.49. The number of piperazine rings is 1. The maximum atomic E-state index is 12.7. The number of carbonyl (C=O) groups excluding carboxylic acids is 1. The van der Waals surface area contributed by atoms with E-state index >= 15 is 0 Å². The minimum absolute atomic E-state index is 0.00942. The standard InChI is InChI=1S/C19H19N7O3S/c27-18(14-30-19-20-21-22-25(19)15-6-2-1-3-7-15)24-12-10-23(11-13-24)16-8-4-5-9-17(16)26(28)29/h1-9H,10-14H2. The van der Waals surface area contributed by atoms with Crippen molar-refractivity contribution >= 4 is 29.0 Å². The van der Waals surface area contributed by atoms with E-state index in [1.54, 1.807) is 27.8 Å². The molecule has 0 N–H and O–H groups in total. The van der Waals surface area contributed by atoms with Crippen molar-refractivity contribution in [2.75, 3.05) is 36.8 Å². The molecule has 2 heterocycles. The molecule has 1 aromatic heterocycles. The van der Waals surface area contributed by atoms with Crippen LogP contribution in [0.1, 0.15) is 0 Å². The van der Waals surface area contributed by atoms with Crippen LogP contribution in [-0.2, 0) is 4.79 Å². The van der Waals surface area contributed by atoms with Gasteiger partial charge in [-0.1, -0.05) is 42.1 Å². The topological polar surface area (TPSA) is 110 Å². The van der Waals surface area contributed by atoms with Crippen LogP contribution in [0.4, 0.5) is 11.4 Å². The zero-order valence-electron chi connectivity index (χ0n) is 16.0. The third-order valence-electron chi connectivity index (χ3n) is 4.82. The Labute approximate surface area is 176 Å². The van der Waals surface area contributed by atoms with E-state index in [4.69, 9.17) is 0 Å². The summed E-state index contributed by atoms with van der Waals surface area (Å²) in [6, 6.07) is 16.2. The van der Waals surface area contributed by atoms with Crippen LogP contribution in [0.15, 0.2) is 59.8 Å². The predicted octanol–water partition coefficient (Wildman–Crippen LogP) is 2.01. The summed E-state index contributed by atoms with van der Waals surface area (Å²) in [5.41, 5.74) is 1.50. The molecule has 1 saturated heterocycles. The molecule has 0 atom stereocenters. The number of rotatable bonds is 6. The number of nitrogens with zero attached hydrogens (tertiary/aromatic N) is 7. The molecule has 1 aliphatic rings. The number of nitro groups is 1. The van der Waals surface area contributed by atoms with Crippen molar-refractivity contribution in [1.82, 2.24) is 25.1 Å². The highest BCUT2D eigenvalue weighted by Crippen LogP contribution is 2.28. The van der Waals surface area contributed by atoms with Gasteiger partial charge < -0.3 is 9.80 Å². The number of amides is 1. The molecule has 30 heavy (non-hydrogen) atoms. The molecule has 0 aliphatic carbocycles. The molecule has 0 radical (unpaired) electrons. The van der Waals surface area contributed by atoms with Gasteiger partial charge in [-0.05, 0) is 28.6 Å². The van der Waals surface area contributed by atoms with Crippen LogP contribution in [-0.4, -0.2) is 67.9 Å². The molecule has 0 spiro atoms. The van der Waals surface area contributed by atoms with E-state index in [-0.39, 0.29) is 22.3 Å². The molecule has 10 nitrogen and oxygen atoms in total. The summed E-state index contributed by atoms with van der Waals surface area (Å²) in [6.07, 6.45) is 0. The van der Waals surface area contributed by atoms with Crippen LogP contribution in [0.5, 0.6) is 0 Å². The van der Waals surface area contributed by atoms with Gasteiger partial charge in [0, 0.05) is 32.2 Å². The SMILES string of the molecule is O=C(CSc1nnnn1-c1ccccc1)N1CCN(c2ccccc2[N+](=O)[O-])CC1. The summed E-state index contributed by atoms with van der Waals surface area (Å²) in [4.78, 5) is 27.3. The summed E-state index contributed by atoms with van der Waals surface area (Å²) >= 11 is 1.29. The summed E-state index contributed by atoms with van der Waals surface area (Å²) in [6.45, 7) is 2.11. The zero-order valence-corrected chi connectivity index (χ0v) is 16.8. The maximum Gasteiger partial charge on any atom is 0.292 e. The minimum atomic E-state index is -0.375. The molecule has 0 saturated carbocycles. The van der Waals surface area contributed by atoms with Gasteiger partial charge in [-0.15, -0.1) is 5.10 Å². The van der Waals surface area contributed by atoms with Gasteiger partial charge in [-0.3, -0.25) is 14.9 Å². The van der Waals surface area contributed by atoms with Gasteiger partial charge in [0.15, 0.2) is 0 Å². The van der Waals surface area contributed by atoms with Gasteiger partial charge >= 0.3 is 0 Å². The summed E-state index contributed by atoms with van der Waals surface area (Å²) in [7, 11) is 0. The largest absolute Gasteiger partial charge is 0.362 e. The predicted molar refractivity (Wildman–Crippen MR) is 112 cm³/mol. The average molecular weight is 425 g/mol. The van der Waals surface area contributed by atoms with Crippen LogP contribution in [0.3, 0.4) is 0 Å². The van der Waals surface area contributed by atoms with E-state index in [1.165, 1.54) is 17.8 Å². The number of anilines is 1. The van der Waals surface area contributed by atoms with E-state index in [0.29, 0.717) is 37.0 Å². The number of aromatic nitrogens is 4. The number of thioether (sulfide) groups is 1. The molecular formula is C19H19N7O3S. The quantitative estimate of drug-likeness (QED) is 0.335. The number of hydrogen-bond donors (Lipinski definition) is 0. The van der Waals surface area contributed by atoms with Gasteiger partial charge in [0.1, 0.15) is 5.69 Å². The van der Waals surface area contributed by atoms with Gasteiger partial charge in [0.05, 0.1) is 16.4 Å². The average Bonchev–Trinajstić information content (AvgIpc) is 3.27. The lowest BCUT2D eigenvalue weighted by Gasteiger charge is -2.35. The Hall–Kier alpha value is -3.47. The van der Waals surface area contributed by atoms with E-state index in [9.17, 15) is 14.9 Å². The molecular weight excluding hydrogens is 406 g/mol. The number of benzene rings is 2. The number of para-hydroxylation sites is 3. The molecule has 0 unspecified atom stereocenters. The van der Waals surface area contributed by atoms with Crippen molar-refractivity contribution in [2.45, 2.75) is 5.16 Å². The van der Waals surface area contributed by atoms with Gasteiger partial charge in [-0.25, -0.2) is 0 Å². The van der Waals surface area contributed by atoms with Gasteiger partial charge in [-0.2, -0.15) is 4.68 Å². The van der Waals surface area contributed by atoms with Crippen molar-refractivity contribution < 1.29 is 9.72 Å². The fourth-order valence-electron chi connectivity index (χ4n) is 3.30. The van der Waals surface area contributed by atoms with Crippen molar-refractivity contribution in [3.05, 3.63) is 64.7 Å². The molecule has 154 valence electrons. The molecule has 3 aromatic rings. The van der Waals surface area contributed by atoms with Crippen molar-refractivity contribution in [1.29, 1.82) is 0 Å². The highest BCUT2D eigenvalue weighted by atomic mass is 32.2. The van der Waals surface area contributed by atoms with Gasteiger partial charge in [0.25, 0.3) is 5.69 Å². The lowest BCUT2D eigenvalue weighted by atomic mass is 10.2. The number of nitro benzene ring substituents is 1. The molecule has 4 rings (SSSR count). The third-order valence-corrected chi connectivity index (χ3v) is 5.72. The Morgan fingerprint density at radius 3 is 2.47 bits per heavy atom. The second kappa shape index (κ2) is 8.91. The number of tetrazole rings is 1. The first-order valence-electron chi connectivity index (χ1n) is 9.36. The summed E-state index contributed by atoms with van der Waals surface area (Å²) in [5.74, 6) is 0.212. The Morgan fingerprint density at radius 1 is 1.03 bits per heavy atom. The second-order valence-electron chi connectivity index (χ2n) is 6.61. The van der Waals surface area contributed by atoms with E-state index in [1.807, 2.05) is 35.2 Å². The normalized spacial score (nSPS) is 14.0. The van der Waals surface area contributed by atoms with Crippen LogP contribution < -0.4 is 4.90 Å². The Morgan fingerprint density at radius 2 is 1.73 bits per heavy atom. The molecule has 2 aromatic carbocycles. The molecule has 11 heteroatoms. The highest BCUT2D eigenvalue weighted by Gasteiger charge is 2.25. The Bertz CT molecular complexity index is 1040. The zero-order chi connectivity index (χ0) is 20.9. The highest BCUT2D eigenvalue weighted by molar-refractivity contribution is 7.99. The van der Waals surface area contributed by atoms with Crippen LogP contribution in [0.25, 0.3) is 5.69 Å². The molecule has 1 amide bonds. The maximum absolute atomic E-state index is 12.7. The third kappa shape index (κ3) is 4.25. The van der Waals surface area contributed by atoms with Crippen LogP contribution >= 0.6 is 11.8 Å². The van der Waals surface area contributed by atoms with Gasteiger partial charge in [0.2, 0.25) is 11.1 Å². The fraction of sp³-hybridized carbons (Fsp3) is 0.263. The summed E-state index contributed by atoms with van der Waals surface area (Å²) in [5, 5.41) is 23.5. The van der Waals surface area contributed by atoms with E-state index < -0.39 is 0 Å². The minimum Gasteiger partial charge on any atom is -0.362 e. The molecule has 1 fully saturated rings. The second-order valence-corrected chi connectivity index (χ2v) is 7.55. The number of carbonyl (C=O) groups is 1. The van der Waals surface area contributed by atoms with Crippen LogP contribution in [0, 0.1) is 10.1 Å². The molecule has 1 aliphatic heterocycles. The lowest BCUT2D eigenvalue weighted by molar-refractivity contribution is -0.384. The van der Waals surface area contributed by atoms with Crippen molar-refractivity contribution in [3.63, 3.8) is 0 Å². The molecule has 0 bridgehead atoms. The van der Waals surface area contributed by atoms with Crippen molar-refractivity contribution in [2.24, 2.45) is 0 Å². The smallest absolute Gasteiger partial charge is 0.292 e.